The first-order chi connectivity index (χ1) is 3.15. The van der Waals surface area contributed by atoms with Gasteiger partial charge in [-0.3, -0.25) is 4.79 Å². The van der Waals surface area contributed by atoms with Crippen molar-refractivity contribution in [2.75, 3.05) is 0 Å². The predicted octanol–water partition coefficient (Wildman–Crippen LogP) is 0.458. The second-order valence-electron chi connectivity index (χ2n) is 0.927. The Morgan fingerprint density at radius 2 is 1.75 bits per heavy atom. The van der Waals surface area contributed by atoms with Crippen LogP contribution in [0.15, 0.2) is 12.7 Å². The molecule has 3 heteroatoms. The first-order valence-electron chi connectivity index (χ1n) is 1.91. The van der Waals surface area contributed by atoms with Gasteiger partial charge in [0.25, 0.3) is 5.97 Å². The van der Waals surface area contributed by atoms with E-state index in [1.807, 2.05) is 6.92 Å². The fourth-order valence-electron chi connectivity index (χ4n) is 0. The number of hydrogen-bond acceptors (Lipinski definition) is 1. The summed E-state index contributed by atoms with van der Waals surface area (Å²) in [5.41, 5.74) is 0. The van der Waals surface area contributed by atoms with Crippen molar-refractivity contribution in [3.05, 3.63) is 12.7 Å². The maximum Gasteiger partial charge on any atom is 0.300 e. The Labute approximate surface area is 49.0 Å². The fourth-order valence-corrected chi connectivity index (χ4v) is 0. The van der Waals surface area contributed by atoms with E-state index in [2.05, 4.69) is 6.58 Å². The molecule has 0 aliphatic heterocycles. The van der Waals surface area contributed by atoms with Crippen molar-refractivity contribution in [3.8, 4) is 0 Å². The lowest BCUT2D eigenvalue weighted by Gasteiger charge is -1.59. The summed E-state index contributed by atoms with van der Waals surface area (Å²) < 4.78 is 0. The second kappa shape index (κ2) is 16.4. The lowest BCUT2D eigenvalue weighted by Crippen LogP contribution is -1.78. The summed E-state index contributed by atoms with van der Waals surface area (Å²) in [5.74, 6) is -0.833. The zero-order valence-corrected chi connectivity index (χ0v) is 5.14. The molecule has 0 aliphatic carbocycles. The minimum absolute atomic E-state index is 0. The van der Waals surface area contributed by atoms with Gasteiger partial charge in [-0.15, -0.1) is 6.58 Å². The van der Waals surface area contributed by atoms with Gasteiger partial charge in [0.1, 0.15) is 0 Å². The van der Waals surface area contributed by atoms with E-state index >= 15 is 0 Å². The topological polar surface area (TPSA) is 68.8 Å². The highest BCUT2D eigenvalue weighted by Crippen LogP contribution is 1.42. The lowest BCUT2D eigenvalue weighted by atomic mass is 10.8. The van der Waals surface area contributed by atoms with E-state index < -0.39 is 5.97 Å². The number of aliphatic carboxylic acids is 1. The highest BCUT2D eigenvalue weighted by molar-refractivity contribution is 5.62. The van der Waals surface area contributed by atoms with E-state index in [1.165, 1.54) is 0 Å². The molecule has 0 unspecified atom stereocenters. The quantitative estimate of drug-likeness (QED) is 0.472. The summed E-state index contributed by atoms with van der Waals surface area (Å²) >= 11 is 0. The van der Waals surface area contributed by atoms with Gasteiger partial charge in [0, 0.05) is 6.92 Å². The first kappa shape index (κ1) is 15.7. The Bertz CT molecular complexity index is 54.7. The molecule has 0 saturated carbocycles. The molecule has 0 bridgehead atoms. The highest BCUT2D eigenvalue weighted by Gasteiger charge is 1.65. The van der Waals surface area contributed by atoms with Crippen LogP contribution in [0.2, 0.25) is 0 Å². The zero-order chi connectivity index (χ0) is 6.28. The molecule has 0 rings (SSSR count). The van der Waals surface area contributed by atoms with Crippen molar-refractivity contribution in [2.24, 2.45) is 0 Å². The van der Waals surface area contributed by atoms with E-state index in [0.717, 1.165) is 6.92 Å². The normalized spacial score (nSPS) is 4.75. The zero-order valence-electron chi connectivity index (χ0n) is 5.14. The molecule has 8 heavy (non-hydrogen) atoms. The summed E-state index contributed by atoms with van der Waals surface area (Å²) in [6.07, 6.45) is 1.75. The molecule has 0 heterocycles. The Kier molecular flexibility index (Phi) is 32.2. The molecular formula is C5H12O3. The summed E-state index contributed by atoms with van der Waals surface area (Å²) in [4.78, 5) is 9.00. The third-order valence-corrected chi connectivity index (χ3v) is 0. The standard InChI is InChI=1S/C3H6.C2H4O2.H2O/c1-3-2;1-2(3)4;/h3H,1H2,2H3;1H3,(H,3,4);1H2. The van der Waals surface area contributed by atoms with Crippen molar-refractivity contribution in [2.45, 2.75) is 13.8 Å². The van der Waals surface area contributed by atoms with E-state index in [1.54, 1.807) is 6.08 Å². The number of rotatable bonds is 0. The number of carbonyl (C=O) groups is 1. The van der Waals surface area contributed by atoms with Crippen LogP contribution in [0, 0.1) is 0 Å². The minimum Gasteiger partial charge on any atom is -0.481 e. The maximum absolute atomic E-state index is 9.00. The van der Waals surface area contributed by atoms with E-state index in [9.17, 15) is 0 Å². The van der Waals surface area contributed by atoms with Gasteiger partial charge < -0.3 is 10.6 Å². The van der Waals surface area contributed by atoms with Gasteiger partial charge in [-0.05, 0) is 6.92 Å². The van der Waals surface area contributed by atoms with E-state index in [4.69, 9.17) is 9.90 Å². The highest BCUT2D eigenvalue weighted by atomic mass is 16.4. The molecule has 0 aliphatic rings. The maximum atomic E-state index is 9.00. The first-order valence-corrected chi connectivity index (χ1v) is 1.91. The smallest absolute Gasteiger partial charge is 0.300 e. The van der Waals surface area contributed by atoms with Crippen molar-refractivity contribution in [3.63, 3.8) is 0 Å². The van der Waals surface area contributed by atoms with Gasteiger partial charge >= 0.3 is 0 Å². The Morgan fingerprint density at radius 3 is 1.75 bits per heavy atom. The second-order valence-corrected chi connectivity index (χ2v) is 0.927. The van der Waals surface area contributed by atoms with Crippen LogP contribution in [0.5, 0.6) is 0 Å². The molecule has 50 valence electrons. The third-order valence-electron chi connectivity index (χ3n) is 0. The largest absolute Gasteiger partial charge is 0.481 e. The minimum atomic E-state index is -0.833. The van der Waals surface area contributed by atoms with Crippen LogP contribution in [0.4, 0.5) is 0 Å². The van der Waals surface area contributed by atoms with Crippen molar-refractivity contribution >= 4 is 5.97 Å². The molecular weight excluding hydrogens is 108 g/mol. The van der Waals surface area contributed by atoms with Gasteiger partial charge in [0.15, 0.2) is 0 Å². The Hall–Kier alpha value is -0.830. The van der Waals surface area contributed by atoms with Crippen LogP contribution in [0.25, 0.3) is 0 Å². The number of carboxylic acids is 1. The van der Waals surface area contributed by atoms with Gasteiger partial charge in [-0.25, -0.2) is 0 Å². The summed E-state index contributed by atoms with van der Waals surface area (Å²) in [5, 5.41) is 7.42. The van der Waals surface area contributed by atoms with Gasteiger partial charge in [-0.1, -0.05) is 6.08 Å². The van der Waals surface area contributed by atoms with Crippen molar-refractivity contribution in [1.82, 2.24) is 0 Å². The molecule has 0 aromatic heterocycles. The van der Waals surface area contributed by atoms with Crippen LogP contribution in [0.1, 0.15) is 13.8 Å². The summed E-state index contributed by atoms with van der Waals surface area (Å²) in [7, 11) is 0. The summed E-state index contributed by atoms with van der Waals surface area (Å²) in [6, 6.07) is 0. The van der Waals surface area contributed by atoms with Crippen LogP contribution in [-0.2, 0) is 4.79 Å². The van der Waals surface area contributed by atoms with Gasteiger partial charge in [-0.2, -0.15) is 0 Å². The summed E-state index contributed by atoms with van der Waals surface area (Å²) in [6.45, 7) is 6.33. The number of carboxylic acid groups (broad SMARTS) is 1. The number of hydrogen-bond donors (Lipinski definition) is 1. The van der Waals surface area contributed by atoms with Crippen LogP contribution >= 0.6 is 0 Å². The molecule has 0 amide bonds. The Morgan fingerprint density at radius 1 is 1.75 bits per heavy atom. The fraction of sp³-hybridized carbons (Fsp3) is 0.400. The van der Waals surface area contributed by atoms with Gasteiger partial charge in [0.2, 0.25) is 0 Å². The van der Waals surface area contributed by atoms with Crippen molar-refractivity contribution in [1.29, 1.82) is 0 Å². The van der Waals surface area contributed by atoms with Crippen LogP contribution < -0.4 is 0 Å². The third kappa shape index (κ3) is 130. The molecule has 3 N–H and O–H groups in total. The molecule has 0 aromatic carbocycles. The predicted molar refractivity (Wildman–Crippen MR) is 32.8 cm³/mol. The molecule has 0 fully saturated rings. The van der Waals surface area contributed by atoms with E-state index in [0.29, 0.717) is 0 Å². The molecule has 0 saturated heterocycles. The van der Waals surface area contributed by atoms with Gasteiger partial charge in [0.05, 0.1) is 0 Å². The Balaban J connectivity index is -0.0000000575. The monoisotopic (exact) mass is 120 g/mol. The van der Waals surface area contributed by atoms with Crippen LogP contribution in [0.3, 0.4) is 0 Å². The lowest BCUT2D eigenvalue weighted by molar-refractivity contribution is -0.134. The average molecular weight is 120 g/mol. The SMILES string of the molecule is C=CC.CC(=O)O.O. The molecule has 0 radical (unpaired) electrons. The molecule has 0 aromatic rings. The van der Waals surface area contributed by atoms with Crippen molar-refractivity contribution < 1.29 is 15.4 Å². The van der Waals surface area contributed by atoms with Crippen LogP contribution in [-0.4, -0.2) is 16.6 Å². The number of allylic oxidation sites excluding steroid dienone is 1. The molecule has 0 spiro atoms. The molecule has 0 atom stereocenters. The molecule has 3 nitrogen and oxygen atoms in total. The van der Waals surface area contributed by atoms with E-state index in [-0.39, 0.29) is 5.48 Å². The average Bonchev–Trinajstić information content (AvgIpc) is 1.33.